The zero-order valence-electron chi connectivity index (χ0n) is 19.7. The number of carboxylic acids is 1. The van der Waals surface area contributed by atoms with Crippen LogP contribution in [0, 0.1) is 0 Å². The molecule has 1 saturated heterocycles. The summed E-state index contributed by atoms with van der Waals surface area (Å²) in [5.41, 5.74) is -0.693. The summed E-state index contributed by atoms with van der Waals surface area (Å²) >= 11 is 1.25. The molecule has 0 spiro atoms. The number of alkyl carbamates (subject to hydrolysis) is 1. The van der Waals surface area contributed by atoms with Crippen LogP contribution >= 0.6 is 11.8 Å². The van der Waals surface area contributed by atoms with Crippen molar-refractivity contribution in [2.75, 3.05) is 12.4 Å². The summed E-state index contributed by atoms with van der Waals surface area (Å²) in [5, 5.41) is 14.2. The Labute approximate surface area is 205 Å². The van der Waals surface area contributed by atoms with Gasteiger partial charge < -0.3 is 29.6 Å². The normalized spacial score (nSPS) is 20.3. The number of carbonyl (C=O) groups is 5. The van der Waals surface area contributed by atoms with Gasteiger partial charge in [0.2, 0.25) is 5.91 Å². The van der Waals surface area contributed by atoms with Gasteiger partial charge in [0.15, 0.2) is 0 Å². The maximum atomic E-state index is 12.8. The van der Waals surface area contributed by atoms with E-state index in [1.807, 2.05) is 0 Å². The van der Waals surface area contributed by atoms with Crippen molar-refractivity contribution in [3.63, 3.8) is 0 Å². The van der Waals surface area contributed by atoms with Crippen LogP contribution in [0.4, 0.5) is 4.79 Å². The van der Waals surface area contributed by atoms with Crippen LogP contribution in [-0.2, 0) is 28.7 Å². The van der Waals surface area contributed by atoms with E-state index in [2.05, 4.69) is 10.6 Å². The Morgan fingerprint density at radius 1 is 1.31 bits per heavy atom. The highest BCUT2D eigenvalue weighted by Crippen LogP contribution is 2.40. The molecule has 190 valence electrons. The van der Waals surface area contributed by atoms with Crippen molar-refractivity contribution in [2.45, 2.75) is 57.2 Å². The molecule has 2 aliphatic heterocycles. The zero-order chi connectivity index (χ0) is 25.9. The van der Waals surface area contributed by atoms with Crippen LogP contribution in [0.5, 0.6) is 0 Å². The van der Waals surface area contributed by atoms with E-state index in [9.17, 15) is 29.1 Å². The fraction of sp³-hybridized carbons (Fsp3) is 0.500. The largest absolute Gasteiger partial charge is 0.477 e. The summed E-state index contributed by atoms with van der Waals surface area (Å²) in [4.78, 5) is 61.8. The molecule has 2 unspecified atom stereocenters. The maximum absolute atomic E-state index is 12.8. The van der Waals surface area contributed by atoms with Crippen molar-refractivity contribution in [1.82, 2.24) is 15.5 Å². The number of thioether (sulfide) groups is 1. The van der Waals surface area contributed by atoms with Gasteiger partial charge in [-0.2, -0.15) is 0 Å². The fourth-order valence-electron chi connectivity index (χ4n) is 3.56. The van der Waals surface area contributed by atoms with E-state index < -0.39 is 52.9 Å². The lowest BCUT2D eigenvalue weighted by atomic mass is 10.0. The first-order valence-electron chi connectivity index (χ1n) is 10.7. The first-order chi connectivity index (χ1) is 16.4. The van der Waals surface area contributed by atoms with Gasteiger partial charge in [-0.1, -0.05) is 0 Å². The molecule has 1 aromatic rings. The Kier molecular flexibility index (Phi) is 7.78. The number of rotatable bonds is 8. The number of furan rings is 1. The molecular formula is C22H27N3O9S. The number of hydrogen-bond acceptors (Lipinski definition) is 9. The molecule has 13 heteroatoms. The van der Waals surface area contributed by atoms with E-state index >= 15 is 0 Å². The Hall–Kier alpha value is -3.48. The van der Waals surface area contributed by atoms with Crippen molar-refractivity contribution in [3.8, 4) is 0 Å². The van der Waals surface area contributed by atoms with Gasteiger partial charge >= 0.3 is 18.0 Å². The molecule has 35 heavy (non-hydrogen) atoms. The lowest BCUT2D eigenvalue weighted by Gasteiger charge is -2.49. The van der Waals surface area contributed by atoms with E-state index in [0.717, 1.165) is 4.90 Å². The molecule has 0 radical (unpaired) electrons. The highest BCUT2D eigenvalue weighted by Gasteiger charge is 2.54. The monoisotopic (exact) mass is 509 g/mol. The zero-order valence-corrected chi connectivity index (χ0v) is 20.5. The number of amides is 3. The molecule has 0 saturated carbocycles. The van der Waals surface area contributed by atoms with Crippen molar-refractivity contribution in [2.24, 2.45) is 0 Å². The molecular weight excluding hydrogens is 482 g/mol. The molecule has 1 fully saturated rings. The van der Waals surface area contributed by atoms with E-state index in [-0.39, 0.29) is 24.5 Å². The lowest BCUT2D eigenvalue weighted by Crippen LogP contribution is -2.70. The maximum Gasteiger partial charge on any atom is 0.408 e. The second kappa shape index (κ2) is 10.4. The van der Waals surface area contributed by atoms with Crippen molar-refractivity contribution in [3.05, 3.63) is 35.4 Å². The van der Waals surface area contributed by atoms with Gasteiger partial charge in [0.1, 0.15) is 35.1 Å². The van der Waals surface area contributed by atoms with Crippen LogP contribution in [0.1, 0.15) is 45.9 Å². The van der Waals surface area contributed by atoms with Crippen molar-refractivity contribution >= 4 is 41.6 Å². The smallest absolute Gasteiger partial charge is 0.408 e. The summed E-state index contributed by atoms with van der Waals surface area (Å²) in [5.74, 6) is -2.50. The molecule has 0 bridgehead atoms. The van der Waals surface area contributed by atoms with Crippen molar-refractivity contribution in [1.29, 1.82) is 0 Å². The van der Waals surface area contributed by atoms with Gasteiger partial charge in [-0.25, -0.2) is 9.59 Å². The molecule has 2 aliphatic rings. The minimum Gasteiger partial charge on any atom is -0.477 e. The van der Waals surface area contributed by atoms with Gasteiger partial charge in [-0.15, -0.1) is 11.8 Å². The Morgan fingerprint density at radius 3 is 2.60 bits per heavy atom. The summed E-state index contributed by atoms with van der Waals surface area (Å²) in [7, 11) is 0. The van der Waals surface area contributed by atoms with Crippen molar-refractivity contribution < 1.29 is 43.0 Å². The summed E-state index contributed by atoms with van der Waals surface area (Å²) in [6.45, 7) is 6.07. The fourth-order valence-corrected chi connectivity index (χ4v) is 4.89. The third-order valence-corrected chi connectivity index (χ3v) is 6.32. The molecule has 3 heterocycles. The number of carbonyl (C=O) groups excluding carboxylic acids is 4. The second-order valence-corrected chi connectivity index (χ2v) is 10.0. The SMILES string of the molecule is CC(=O)OCC1=C(C(=O)O)N2C(=O)C(NC(=O)CC(NC(=O)OC(C)(C)C)c3ccco3)[C@@H]2SC1. The van der Waals surface area contributed by atoms with Gasteiger partial charge in [0.05, 0.1) is 18.7 Å². The topological polar surface area (TPSA) is 164 Å². The first kappa shape index (κ1) is 26.1. The van der Waals surface area contributed by atoms with Crippen LogP contribution in [0.2, 0.25) is 0 Å². The number of hydrogen-bond donors (Lipinski definition) is 3. The molecule has 0 aliphatic carbocycles. The van der Waals surface area contributed by atoms with Crippen LogP contribution in [-0.4, -0.2) is 69.2 Å². The minimum absolute atomic E-state index is 0.213. The quantitative estimate of drug-likeness (QED) is 0.346. The highest BCUT2D eigenvalue weighted by molar-refractivity contribution is 8.00. The number of β-lactam (4-membered cyclic amide) rings is 1. The second-order valence-electron chi connectivity index (χ2n) is 8.91. The number of esters is 1. The molecule has 3 N–H and O–H groups in total. The van der Waals surface area contributed by atoms with Crippen LogP contribution < -0.4 is 10.6 Å². The standard InChI is InChI=1S/C22H27N3O9S/c1-11(26)33-9-12-10-35-19-16(18(28)25(19)17(12)20(29)30)24-15(27)8-13(14-6-5-7-32-14)23-21(31)34-22(2,3)4/h5-7,13,16,19H,8-10H2,1-4H3,(H,23,31)(H,24,27)(H,29,30)/t13?,16?,19-/m0/s1. The third kappa shape index (κ3) is 6.35. The van der Waals surface area contributed by atoms with Gasteiger partial charge in [-0.05, 0) is 32.9 Å². The average molecular weight is 510 g/mol. The number of aliphatic carboxylic acids is 1. The average Bonchev–Trinajstić information content (AvgIpc) is 3.28. The third-order valence-electron chi connectivity index (χ3n) is 4.98. The summed E-state index contributed by atoms with van der Waals surface area (Å²) < 4.78 is 15.5. The van der Waals surface area contributed by atoms with Crippen LogP contribution in [0.15, 0.2) is 34.1 Å². The lowest BCUT2D eigenvalue weighted by molar-refractivity contribution is -0.151. The number of carboxylic acid groups (broad SMARTS) is 1. The molecule has 3 rings (SSSR count). The number of fused-ring (bicyclic) bond motifs is 1. The first-order valence-corrected chi connectivity index (χ1v) is 11.8. The van der Waals surface area contributed by atoms with E-state index in [1.165, 1.54) is 24.9 Å². The Morgan fingerprint density at radius 2 is 2.03 bits per heavy atom. The molecule has 0 aromatic carbocycles. The molecule has 3 atom stereocenters. The number of nitrogens with zero attached hydrogens (tertiary/aromatic N) is 1. The predicted molar refractivity (Wildman–Crippen MR) is 122 cm³/mol. The van der Waals surface area contributed by atoms with Crippen LogP contribution in [0.25, 0.3) is 0 Å². The summed E-state index contributed by atoms with van der Waals surface area (Å²) in [6, 6.07) is 1.40. The summed E-state index contributed by atoms with van der Waals surface area (Å²) in [6.07, 6.45) is 0.417. The van der Waals surface area contributed by atoms with E-state index in [4.69, 9.17) is 13.9 Å². The van der Waals surface area contributed by atoms with E-state index in [0.29, 0.717) is 11.3 Å². The molecule has 1 aromatic heterocycles. The van der Waals surface area contributed by atoms with Gasteiger partial charge in [-0.3, -0.25) is 19.3 Å². The minimum atomic E-state index is -1.32. The molecule has 3 amide bonds. The predicted octanol–water partition coefficient (Wildman–Crippen LogP) is 1.54. The van der Waals surface area contributed by atoms with E-state index in [1.54, 1.807) is 32.9 Å². The highest BCUT2D eigenvalue weighted by atomic mass is 32.2. The van der Waals surface area contributed by atoms with Crippen LogP contribution in [0.3, 0.4) is 0 Å². The number of ether oxygens (including phenoxy) is 2. The van der Waals surface area contributed by atoms with Gasteiger partial charge in [0, 0.05) is 18.2 Å². The van der Waals surface area contributed by atoms with Gasteiger partial charge in [0.25, 0.3) is 5.91 Å². The Bertz CT molecular complexity index is 1050. The molecule has 12 nitrogen and oxygen atoms in total. The number of nitrogens with one attached hydrogen (secondary N) is 2. The Balaban J connectivity index is 1.67.